The van der Waals surface area contributed by atoms with Crippen molar-refractivity contribution in [3.05, 3.63) is 0 Å². The molecule has 1 fully saturated rings. The van der Waals surface area contributed by atoms with Crippen molar-refractivity contribution in [1.82, 2.24) is 16.0 Å². The average Bonchev–Trinajstić information content (AvgIpc) is 2.74. The molecule has 25 heavy (non-hydrogen) atoms. The molecule has 0 aromatic rings. The highest BCUT2D eigenvalue weighted by Crippen LogP contribution is 2.31. The van der Waals surface area contributed by atoms with Crippen LogP contribution in [0.15, 0.2) is 0 Å². The molecule has 0 bridgehead atoms. The molecule has 0 spiro atoms. The molecule has 0 saturated heterocycles. The van der Waals surface area contributed by atoms with Crippen LogP contribution in [0.4, 0.5) is 0 Å². The molecule has 0 radical (unpaired) electrons. The fourth-order valence-electron chi connectivity index (χ4n) is 3.17. The number of rotatable bonds is 12. The first-order valence-corrected chi connectivity index (χ1v) is 8.03. The maximum absolute atomic E-state index is 10.7. The summed E-state index contributed by atoms with van der Waals surface area (Å²) in [6, 6.07) is -1.86. The Morgan fingerprint density at radius 2 is 1.48 bits per heavy atom. The number of nitrogens with one attached hydrogen (secondary N) is 3. The molecule has 0 amide bonds. The third kappa shape index (κ3) is 5.31. The first-order chi connectivity index (χ1) is 11.8. The molecule has 0 aromatic carbocycles. The number of hydrogen-bond donors (Lipinski definition) is 9. The first-order valence-electron chi connectivity index (χ1n) is 8.03. The van der Waals surface area contributed by atoms with Crippen molar-refractivity contribution in [3.63, 3.8) is 0 Å². The Bertz CT molecular complexity index is 452. The third-order valence-corrected chi connectivity index (χ3v) is 4.38. The highest BCUT2D eigenvalue weighted by atomic mass is 16.4. The van der Waals surface area contributed by atoms with Crippen molar-refractivity contribution in [2.24, 2.45) is 0 Å². The largest absolute Gasteiger partial charge is 0.481 e. The van der Waals surface area contributed by atoms with Crippen LogP contribution >= 0.6 is 0 Å². The molecule has 5 atom stereocenters. The number of β-amino-alcohol motifs (C(OH)–C–C–N with tert-alkyl or cyclic N) is 1. The lowest BCUT2D eigenvalue weighted by Crippen LogP contribution is -2.67. The van der Waals surface area contributed by atoms with Crippen LogP contribution in [0.3, 0.4) is 0 Å². The summed E-state index contributed by atoms with van der Waals surface area (Å²) in [5.41, 5.74) is -1.43. The predicted molar refractivity (Wildman–Crippen MR) is 85.0 cm³/mol. The molecule has 146 valence electrons. The summed E-state index contributed by atoms with van der Waals surface area (Å²) in [5, 5.41) is 65.8. The quantitative estimate of drug-likeness (QED) is 0.163. The van der Waals surface area contributed by atoms with Crippen LogP contribution in [0.25, 0.3) is 0 Å². The second-order valence-corrected chi connectivity index (χ2v) is 5.98. The average molecular weight is 365 g/mol. The Morgan fingerprint density at radius 1 is 0.920 bits per heavy atom. The summed E-state index contributed by atoms with van der Waals surface area (Å²) in [5.74, 6) is -2.09. The second kappa shape index (κ2) is 9.97. The van der Waals surface area contributed by atoms with Gasteiger partial charge < -0.3 is 46.6 Å². The van der Waals surface area contributed by atoms with Gasteiger partial charge in [-0.1, -0.05) is 0 Å². The number of carbonyl (C=O) groups is 2. The number of aliphatic hydroxyl groups excluding tert-OH is 4. The molecule has 5 unspecified atom stereocenters. The van der Waals surface area contributed by atoms with Crippen molar-refractivity contribution in [1.29, 1.82) is 0 Å². The van der Waals surface area contributed by atoms with E-state index in [1.54, 1.807) is 0 Å². The minimum atomic E-state index is -1.43. The Labute approximate surface area is 144 Å². The lowest BCUT2D eigenvalue weighted by atomic mass is 9.90. The Hall–Kier alpha value is -1.34. The monoisotopic (exact) mass is 365 g/mol. The normalized spacial score (nSPS) is 32.0. The molecule has 0 heterocycles. The molecule has 1 aliphatic rings. The Kier molecular flexibility index (Phi) is 8.65. The third-order valence-electron chi connectivity index (χ3n) is 4.38. The highest BCUT2D eigenvalue weighted by molar-refractivity contribution is 5.67. The topological polar surface area (TPSA) is 192 Å². The van der Waals surface area contributed by atoms with Gasteiger partial charge in [0.05, 0.1) is 55.9 Å². The molecular formula is C14H27N3O8. The van der Waals surface area contributed by atoms with Gasteiger partial charge in [-0.05, 0) is 0 Å². The fraction of sp³-hybridized carbons (Fsp3) is 0.857. The lowest BCUT2D eigenvalue weighted by Gasteiger charge is -2.38. The molecule has 1 aliphatic carbocycles. The molecule has 1 saturated carbocycles. The Balaban J connectivity index is 2.92. The smallest absolute Gasteiger partial charge is 0.304 e. The van der Waals surface area contributed by atoms with Crippen molar-refractivity contribution >= 4 is 11.9 Å². The van der Waals surface area contributed by atoms with E-state index in [1.165, 1.54) is 0 Å². The first kappa shape index (κ1) is 21.7. The predicted octanol–water partition coefficient (Wildman–Crippen LogP) is -4.10. The molecule has 0 aliphatic heterocycles. The van der Waals surface area contributed by atoms with Crippen LogP contribution in [0, 0.1) is 0 Å². The zero-order valence-corrected chi connectivity index (χ0v) is 13.8. The SMILES string of the molecule is O=C(O)CCNC1C(O)C(NCCC(=O)O)C(CO)(NCCO)C1O. The van der Waals surface area contributed by atoms with Gasteiger partial charge in [0, 0.05) is 19.6 Å². The number of aliphatic carboxylic acids is 2. The number of carboxylic acids is 2. The molecular weight excluding hydrogens is 338 g/mol. The van der Waals surface area contributed by atoms with Gasteiger partial charge in [0.15, 0.2) is 0 Å². The van der Waals surface area contributed by atoms with Crippen LogP contribution in [0.5, 0.6) is 0 Å². The van der Waals surface area contributed by atoms with E-state index in [2.05, 4.69) is 16.0 Å². The maximum atomic E-state index is 10.7. The van der Waals surface area contributed by atoms with Crippen LogP contribution in [0.1, 0.15) is 12.8 Å². The van der Waals surface area contributed by atoms with E-state index >= 15 is 0 Å². The number of carboxylic acid groups (broad SMARTS) is 2. The van der Waals surface area contributed by atoms with Crippen molar-refractivity contribution in [2.45, 2.75) is 42.7 Å². The minimum Gasteiger partial charge on any atom is -0.481 e. The van der Waals surface area contributed by atoms with Crippen LogP contribution < -0.4 is 16.0 Å². The molecule has 1 rings (SSSR count). The molecule has 0 aromatic heterocycles. The minimum absolute atomic E-state index is 0.00251. The standard InChI is InChI=1S/C14H27N3O8/c18-6-5-17-14(7-19)12(16-4-2-9(22)23)11(24)10(13(14)25)15-3-1-8(20)21/h10-13,15-19,24-25H,1-7H2,(H,20,21)(H,22,23). The van der Waals surface area contributed by atoms with Gasteiger partial charge in [-0.25, -0.2) is 0 Å². The van der Waals surface area contributed by atoms with Crippen LogP contribution in [-0.4, -0.2) is 105 Å². The maximum Gasteiger partial charge on any atom is 0.304 e. The van der Waals surface area contributed by atoms with Gasteiger partial charge in [-0.2, -0.15) is 0 Å². The summed E-state index contributed by atoms with van der Waals surface area (Å²) in [7, 11) is 0. The van der Waals surface area contributed by atoms with Gasteiger partial charge >= 0.3 is 11.9 Å². The van der Waals surface area contributed by atoms with E-state index in [0.29, 0.717) is 0 Å². The summed E-state index contributed by atoms with van der Waals surface area (Å²) in [6.07, 6.45) is -2.98. The summed E-state index contributed by atoms with van der Waals surface area (Å²) < 4.78 is 0. The van der Waals surface area contributed by atoms with Gasteiger partial charge in [-0.3, -0.25) is 9.59 Å². The van der Waals surface area contributed by atoms with E-state index in [4.69, 9.17) is 15.3 Å². The zero-order chi connectivity index (χ0) is 19.0. The molecule has 11 heteroatoms. The van der Waals surface area contributed by atoms with Crippen molar-refractivity contribution in [2.75, 3.05) is 32.8 Å². The summed E-state index contributed by atoms with van der Waals surface area (Å²) in [6.45, 7) is -0.842. The number of aliphatic hydroxyl groups is 4. The fourth-order valence-corrected chi connectivity index (χ4v) is 3.17. The van der Waals surface area contributed by atoms with Gasteiger partial charge in [0.2, 0.25) is 0 Å². The van der Waals surface area contributed by atoms with E-state index in [0.717, 1.165) is 0 Å². The second-order valence-electron chi connectivity index (χ2n) is 5.98. The van der Waals surface area contributed by atoms with Gasteiger partial charge in [0.1, 0.15) is 0 Å². The summed E-state index contributed by atoms with van der Waals surface area (Å²) in [4.78, 5) is 21.3. The molecule has 11 nitrogen and oxygen atoms in total. The van der Waals surface area contributed by atoms with Gasteiger partial charge in [-0.15, -0.1) is 0 Å². The lowest BCUT2D eigenvalue weighted by molar-refractivity contribution is -0.138. The van der Waals surface area contributed by atoms with E-state index < -0.39 is 48.4 Å². The van der Waals surface area contributed by atoms with Crippen LogP contribution in [0.2, 0.25) is 0 Å². The van der Waals surface area contributed by atoms with Crippen molar-refractivity contribution in [3.8, 4) is 0 Å². The Morgan fingerprint density at radius 3 is 1.96 bits per heavy atom. The number of hydrogen-bond acceptors (Lipinski definition) is 9. The summed E-state index contributed by atoms with van der Waals surface area (Å²) >= 11 is 0. The van der Waals surface area contributed by atoms with E-state index in [-0.39, 0.29) is 39.1 Å². The van der Waals surface area contributed by atoms with Gasteiger partial charge in [0.25, 0.3) is 0 Å². The van der Waals surface area contributed by atoms with E-state index in [9.17, 15) is 24.9 Å². The van der Waals surface area contributed by atoms with Crippen molar-refractivity contribution < 1.29 is 40.2 Å². The highest BCUT2D eigenvalue weighted by Gasteiger charge is 2.59. The van der Waals surface area contributed by atoms with Crippen LogP contribution in [-0.2, 0) is 9.59 Å². The van der Waals surface area contributed by atoms with E-state index in [1.807, 2.05) is 0 Å². The zero-order valence-electron chi connectivity index (χ0n) is 13.8. The molecule has 9 N–H and O–H groups in total.